The van der Waals surface area contributed by atoms with Crippen molar-refractivity contribution in [2.75, 3.05) is 11.9 Å². The second-order valence-electron chi connectivity index (χ2n) is 8.56. The first-order valence-corrected chi connectivity index (χ1v) is 11.3. The Morgan fingerprint density at radius 3 is 2.46 bits per heavy atom. The van der Waals surface area contributed by atoms with Gasteiger partial charge in [0.25, 0.3) is 0 Å². The van der Waals surface area contributed by atoms with Crippen LogP contribution in [0.5, 0.6) is 0 Å². The number of aryl methyl sites for hydroxylation is 1. The van der Waals surface area contributed by atoms with Crippen LogP contribution in [0.1, 0.15) is 17.0 Å². The van der Waals surface area contributed by atoms with E-state index in [0.717, 1.165) is 10.7 Å². The monoisotopic (exact) mass is 548 g/mol. The van der Waals surface area contributed by atoms with Crippen LogP contribution in [0, 0.1) is 6.92 Å². The lowest BCUT2D eigenvalue weighted by atomic mass is 10.2. The molecule has 0 aliphatic heterocycles. The molecule has 1 aromatic carbocycles. The summed E-state index contributed by atoms with van der Waals surface area (Å²) in [7, 11) is 0. The summed E-state index contributed by atoms with van der Waals surface area (Å²) in [6.45, 7) is 0.152. The topological polar surface area (TPSA) is 106 Å². The van der Waals surface area contributed by atoms with Crippen LogP contribution < -0.4 is 11.0 Å². The number of nitrogens with zero attached hydrogens (tertiary/aromatic N) is 6. The molecule has 0 saturated carbocycles. The molecule has 0 fully saturated rings. The molecular weight excluding hydrogens is 530 g/mol. The van der Waals surface area contributed by atoms with Gasteiger partial charge in [-0.05, 0) is 42.8 Å². The molecule has 202 valence electrons. The van der Waals surface area contributed by atoms with Crippen molar-refractivity contribution in [1.82, 2.24) is 34.3 Å². The van der Waals surface area contributed by atoms with Crippen LogP contribution in [0.15, 0.2) is 59.7 Å². The number of halogens is 6. The van der Waals surface area contributed by atoms with E-state index in [1.165, 1.54) is 48.1 Å². The molecular formula is C24H18F6N8O. The fourth-order valence-electron chi connectivity index (χ4n) is 3.96. The Morgan fingerprint density at radius 2 is 1.77 bits per heavy atom. The van der Waals surface area contributed by atoms with Gasteiger partial charge in [0.05, 0.1) is 29.7 Å². The zero-order chi connectivity index (χ0) is 27.9. The number of fused-ring (bicyclic) bond motifs is 1. The average Bonchev–Trinajstić information content (AvgIpc) is 3.42. The number of pyridine rings is 1. The number of rotatable bonds is 6. The van der Waals surface area contributed by atoms with Gasteiger partial charge < -0.3 is 10.3 Å². The molecule has 2 N–H and O–H groups in total. The normalized spacial score (nSPS) is 12.3. The van der Waals surface area contributed by atoms with E-state index in [2.05, 4.69) is 30.4 Å². The third-order valence-electron chi connectivity index (χ3n) is 5.66. The standard InChI is InChI=1S/C24H18F6N8O/c1-13-9-18(24(28,29)30)38(36-13)15-6-4-14(5-7-15)11-37-21-17(34-22(37)39)10-32-20(35-21)16-3-2-8-31-19(16)33-12-23(25,26)27/h2-10H,11-12H2,1H3,(H,31,33)(H,34,39). The number of nitrogens with one attached hydrogen (secondary N) is 2. The molecule has 0 aliphatic rings. The minimum Gasteiger partial charge on any atom is -0.361 e. The van der Waals surface area contributed by atoms with Crippen LogP contribution >= 0.6 is 0 Å². The summed E-state index contributed by atoms with van der Waals surface area (Å²) in [5, 5.41) is 6.15. The molecule has 39 heavy (non-hydrogen) atoms. The Bertz CT molecular complexity index is 1700. The van der Waals surface area contributed by atoms with Crippen LogP contribution in [0.2, 0.25) is 0 Å². The summed E-state index contributed by atoms with van der Waals surface area (Å²) >= 11 is 0. The second-order valence-corrected chi connectivity index (χ2v) is 8.56. The lowest BCUT2D eigenvalue weighted by Crippen LogP contribution is -2.22. The van der Waals surface area contributed by atoms with E-state index in [0.29, 0.717) is 5.56 Å². The van der Waals surface area contributed by atoms with Gasteiger partial charge in [0.15, 0.2) is 11.5 Å². The zero-order valence-electron chi connectivity index (χ0n) is 20.0. The summed E-state index contributed by atoms with van der Waals surface area (Å²) < 4.78 is 80.4. The van der Waals surface area contributed by atoms with Crippen molar-refractivity contribution >= 4 is 17.0 Å². The molecule has 0 amide bonds. The number of hydrogen-bond donors (Lipinski definition) is 2. The Hall–Kier alpha value is -4.69. The molecule has 5 rings (SSSR count). The van der Waals surface area contributed by atoms with E-state index in [1.807, 2.05) is 0 Å². The van der Waals surface area contributed by atoms with E-state index in [1.54, 1.807) is 12.1 Å². The predicted octanol–water partition coefficient (Wildman–Crippen LogP) is 4.72. The van der Waals surface area contributed by atoms with Crippen molar-refractivity contribution in [2.45, 2.75) is 25.8 Å². The van der Waals surface area contributed by atoms with E-state index in [9.17, 15) is 31.1 Å². The number of hydrogen-bond acceptors (Lipinski definition) is 6. The Morgan fingerprint density at radius 1 is 1.03 bits per heavy atom. The van der Waals surface area contributed by atoms with Gasteiger partial charge >= 0.3 is 18.0 Å². The number of benzene rings is 1. The minimum atomic E-state index is -4.59. The maximum absolute atomic E-state index is 13.4. The lowest BCUT2D eigenvalue weighted by molar-refractivity contribution is -0.142. The van der Waals surface area contributed by atoms with E-state index >= 15 is 0 Å². The number of H-pyrrole nitrogens is 1. The maximum Gasteiger partial charge on any atom is 0.433 e. The first-order chi connectivity index (χ1) is 18.4. The molecule has 0 radical (unpaired) electrons. The van der Waals surface area contributed by atoms with Crippen LogP contribution in [0.3, 0.4) is 0 Å². The largest absolute Gasteiger partial charge is 0.433 e. The number of aromatic nitrogens is 7. The molecule has 4 heterocycles. The SMILES string of the molecule is Cc1cc(C(F)(F)F)n(-c2ccc(Cn3c(=O)[nH]c4cnc(-c5cccnc5NCC(F)(F)F)nc43)cc2)n1. The summed E-state index contributed by atoms with van der Waals surface area (Å²) in [6, 6.07) is 9.96. The van der Waals surface area contributed by atoms with Crippen LogP contribution in [0.25, 0.3) is 28.2 Å². The molecule has 0 saturated heterocycles. The number of anilines is 1. The molecule has 5 aromatic rings. The number of alkyl halides is 6. The number of aromatic amines is 1. The molecule has 4 aromatic heterocycles. The van der Waals surface area contributed by atoms with Gasteiger partial charge in [0.1, 0.15) is 23.6 Å². The summed E-state index contributed by atoms with van der Waals surface area (Å²) in [5.41, 5.74) is 0.200. The third-order valence-corrected chi connectivity index (χ3v) is 5.66. The Labute approximate surface area is 215 Å². The van der Waals surface area contributed by atoms with Crippen LogP contribution in [-0.2, 0) is 12.7 Å². The van der Waals surface area contributed by atoms with Crippen molar-refractivity contribution in [3.63, 3.8) is 0 Å². The van der Waals surface area contributed by atoms with E-state index < -0.39 is 30.3 Å². The first kappa shape index (κ1) is 25.9. The predicted molar refractivity (Wildman–Crippen MR) is 128 cm³/mol. The quantitative estimate of drug-likeness (QED) is 0.298. The highest BCUT2D eigenvalue weighted by Crippen LogP contribution is 2.31. The smallest absolute Gasteiger partial charge is 0.361 e. The summed E-state index contributed by atoms with van der Waals surface area (Å²) in [6.07, 6.45) is -6.41. The molecule has 0 spiro atoms. The van der Waals surface area contributed by atoms with E-state index in [-0.39, 0.29) is 46.3 Å². The highest BCUT2D eigenvalue weighted by atomic mass is 19.4. The minimum absolute atomic E-state index is 0.00600. The first-order valence-electron chi connectivity index (χ1n) is 11.3. The summed E-state index contributed by atoms with van der Waals surface area (Å²) in [5.74, 6) is -0.0432. The van der Waals surface area contributed by atoms with Crippen molar-refractivity contribution < 1.29 is 26.3 Å². The van der Waals surface area contributed by atoms with Gasteiger partial charge in [-0.25, -0.2) is 24.4 Å². The summed E-state index contributed by atoms with van der Waals surface area (Å²) in [4.78, 5) is 27.8. The highest BCUT2D eigenvalue weighted by Gasteiger charge is 2.36. The maximum atomic E-state index is 13.4. The van der Waals surface area contributed by atoms with Gasteiger partial charge in [0.2, 0.25) is 0 Å². The molecule has 0 atom stereocenters. The van der Waals surface area contributed by atoms with Gasteiger partial charge in [-0.1, -0.05) is 12.1 Å². The van der Waals surface area contributed by atoms with Crippen molar-refractivity contribution in [2.24, 2.45) is 0 Å². The molecule has 15 heteroatoms. The van der Waals surface area contributed by atoms with Gasteiger partial charge in [-0.3, -0.25) is 4.57 Å². The number of imidazole rings is 1. The van der Waals surface area contributed by atoms with Crippen molar-refractivity contribution in [1.29, 1.82) is 0 Å². The average molecular weight is 548 g/mol. The molecule has 9 nitrogen and oxygen atoms in total. The highest BCUT2D eigenvalue weighted by molar-refractivity contribution is 5.76. The van der Waals surface area contributed by atoms with E-state index in [4.69, 9.17) is 0 Å². The molecule has 0 bridgehead atoms. The fourth-order valence-corrected chi connectivity index (χ4v) is 3.96. The molecule has 0 unspecified atom stereocenters. The Balaban J connectivity index is 1.46. The second kappa shape index (κ2) is 9.56. The molecule has 0 aliphatic carbocycles. The fraction of sp³-hybridized carbons (Fsp3) is 0.208. The van der Waals surface area contributed by atoms with Gasteiger partial charge in [0, 0.05) is 6.20 Å². The van der Waals surface area contributed by atoms with Crippen molar-refractivity contribution in [3.8, 4) is 17.1 Å². The van der Waals surface area contributed by atoms with Gasteiger partial charge in [-0.15, -0.1) is 0 Å². The lowest BCUT2D eigenvalue weighted by Gasteiger charge is -2.12. The van der Waals surface area contributed by atoms with Crippen LogP contribution in [0.4, 0.5) is 32.2 Å². The zero-order valence-corrected chi connectivity index (χ0v) is 20.0. The van der Waals surface area contributed by atoms with Crippen LogP contribution in [-0.4, -0.2) is 47.0 Å². The Kier molecular flexibility index (Phi) is 6.36. The van der Waals surface area contributed by atoms with Gasteiger partial charge in [-0.2, -0.15) is 31.4 Å². The third kappa shape index (κ3) is 5.46. The van der Waals surface area contributed by atoms with Crippen molar-refractivity contribution in [3.05, 3.63) is 82.3 Å².